The highest BCUT2D eigenvalue weighted by Crippen LogP contribution is 2.40. The molecule has 1 aromatic heterocycles. The first kappa shape index (κ1) is 14.4. The van der Waals surface area contributed by atoms with E-state index in [1.807, 2.05) is 41.3 Å². The summed E-state index contributed by atoms with van der Waals surface area (Å²) in [5.41, 5.74) is 4.32. The Morgan fingerprint density at radius 1 is 1.00 bits per heavy atom. The topological polar surface area (TPSA) is 77.1 Å². The summed E-state index contributed by atoms with van der Waals surface area (Å²) in [6.45, 7) is 0. The van der Waals surface area contributed by atoms with Crippen molar-refractivity contribution in [3.8, 4) is 0 Å². The van der Waals surface area contributed by atoms with Crippen LogP contribution < -0.4 is 4.90 Å². The van der Waals surface area contributed by atoms with Crippen LogP contribution in [0.3, 0.4) is 0 Å². The van der Waals surface area contributed by atoms with Crippen LogP contribution in [0.5, 0.6) is 0 Å². The van der Waals surface area contributed by atoms with Crippen LogP contribution in [0.2, 0.25) is 0 Å². The van der Waals surface area contributed by atoms with Gasteiger partial charge in [-0.1, -0.05) is 36.4 Å². The van der Waals surface area contributed by atoms with Gasteiger partial charge < -0.3 is 10.1 Å². The molecule has 0 fully saturated rings. The van der Waals surface area contributed by atoms with Crippen molar-refractivity contribution in [3.63, 3.8) is 0 Å². The van der Waals surface area contributed by atoms with Crippen molar-refractivity contribution in [1.29, 1.82) is 0 Å². The quantitative estimate of drug-likeness (QED) is 0.534. The third kappa shape index (κ3) is 2.21. The lowest BCUT2D eigenvalue weighted by Crippen LogP contribution is -2.16. The fourth-order valence-corrected chi connectivity index (χ4v) is 3.13. The van der Waals surface area contributed by atoms with Gasteiger partial charge in [-0.15, -0.1) is 0 Å². The minimum Gasteiger partial charge on any atom is -0.390 e. The van der Waals surface area contributed by atoms with Gasteiger partial charge in [0.25, 0.3) is 0 Å². The Morgan fingerprint density at radius 2 is 1.54 bits per heavy atom. The van der Waals surface area contributed by atoms with Crippen molar-refractivity contribution in [3.05, 3.63) is 69.8 Å². The van der Waals surface area contributed by atoms with E-state index < -0.39 is 10.9 Å². The fraction of sp³-hybridized carbons (Fsp3) is 0.176. The van der Waals surface area contributed by atoms with E-state index in [2.05, 4.69) is 22.2 Å². The maximum absolute atomic E-state index is 11.1. The molecule has 7 nitrogen and oxygen atoms in total. The lowest BCUT2D eigenvalue weighted by Gasteiger charge is -2.22. The number of aryl methyl sites for hydroxylation is 3. The molecule has 2 aromatic carbocycles. The van der Waals surface area contributed by atoms with E-state index in [-0.39, 0.29) is 0 Å². The molecule has 2 heterocycles. The van der Waals surface area contributed by atoms with E-state index >= 15 is 0 Å². The standard InChI is InChI=1S/C17H15N5O2/c1-20-17(18-16(19-20)22(23)24)21-14-8-4-2-6-12(14)10-11-13-7-3-5-9-15(13)21/h2-9H,10-11H2,1H3. The molecule has 4 rings (SSSR count). The van der Waals surface area contributed by atoms with E-state index in [4.69, 9.17) is 0 Å². The normalized spacial score (nSPS) is 13.1. The summed E-state index contributed by atoms with van der Waals surface area (Å²) >= 11 is 0. The van der Waals surface area contributed by atoms with E-state index in [9.17, 15) is 10.1 Å². The maximum atomic E-state index is 11.1. The summed E-state index contributed by atoms with van der Waals surface area (Å²) < 4.78 is 1.46. The van der Waals surface area contributed by atoms with Gasteiger partial charge in [-0.2, -0.15) is 4.68 Å². The van der Waals surface area contributed by atoms with Crippen molar-refractivity contribution in [2.24, 2.45) is 7.05 Å². The molecule has 0 saturated heterocycles. The van der Waals surface area contributed by atoms with Gasteiger partial charge in [-0.05, 0) is 46.0 Å². The molecule has 0 bridgehead atoms. The molecule has 0 amide bonds. The van der Waals surface area contributed by atoms with Crippen LogP contribution in [0.1, 0.15) is 11.1 Å². The van der Waals surface area contributed by atoms with E-state index in [1.165, 1.54) is 15.8 Å². The molecule has 7 heteroatoms. The third-order valence-corrected chi connectivity index (χ3v) is 4.22. The van der Waals surface area contributed by atoms with Gasteiger partial charge in [0, 0.05) is 12.1 Å². The number of nitro groups is 1. The van der Waals surface area contributed by atoms with Crippen LogP contribution in [0.25, 0.3) is 0 Å². The van der Waals surface area contributed by atoms with Crippen molar-refractivity contribution >= 4 is 23.3 Å². The number of hydrogen-bond donors (Lipinski definition) is 0. The number of fused-ring (bicyclic) bond motifs is 2. The van der Waals surface area contributed by atoms with E-state index in [0.29, 0.717) is 5.95 Å². The van der Waals surface area contributed by atoms with Crippen LogP contribution in [0, 0.1) is 10.1 Å². The monoisotopic (exact) mass is 321 g/mol. The Kier molecular flexibility index (Phi) is 3.26. The Hall–Kier alpha value is -3.22. The zero-order valence-corrected chi connectivity index (χ0v) is 13.1. The largest absolute Gasteiger partial charge is 0.493 e. The zero-order chi connectivity index (χ0) is 16.7. The molecule has 0 saturated carbocycles. The fourth-order valence-electron chi connectivity index (χ4n) is 3.13. The molecule has 0 spiro atoms. The van der Waals surface area contributed by atoms with Gasteiger partial charge >= 0.3 is 11.9 Å². The molecule has 0 unspecified atom stereocenters. The first-order valence-corrected chi connectivity index (χ1v) is 7.66. The van der Waals surface area contributed by atoms with Crippen LogP contribution in [-0.4, -0.2) is 19.7 Å². The second-order valence-corrected chi connectivity index (χ2v) is 5.69. The summed E-state index contributed by atoms with van der Waals surface area (Å²) in [5.74, 6) is 0.0372. The van der Waals surface area contributed by atoms with E-state index in [1.54, 1.807) is 7.05 Å². The van der Waals surface area contributed by atoms with Crippen LogP contribution >= 0.6 is 0 Å². The Morgan fingerprint density at radius 3 is 2.04 bits per heavy atom. The van der Waals surface area contributed by atoms with E-state index in [0.717, 1.165) is 24.2 Å². The number of anilines is 3. The minimum absolute atomic E-state index is 0.397. The molecule has 1 aliphatic heterocycles. The molecular formula is C17H15N5O2. The molecule has 1 aliphatic rings. The molecule has 0 atom stereocenters. The van der Waals surface area contributed by atoms with Gasteiger partial charge in [0.2, 0.25) is 0 Å². The molecule has 0 N–H and O–H groups in total. The second-order valence-electron chi connectivity index (χ2n) is 5.69. The smallest absolute Gasteiger partial charge is 0.390 e. The van der Waals surface area contributed by atoms with Crippen molar-refractivity contribution < 1.29 is 4.92 Å². The molecule has 3 aromatic rings. The number of hydrogen-bond acceptors (Lipinski definition) is 5. The predicted molar refractivity (Wildman–Crippen MR) is 89.7 cm³/mol. The molecule has 0 radical (unpaired) electrons. The number of para-hydroxylation sites is 2. The summed E-state index contributed by atoms with van der Waals surface area (Å²) in [6, 6.07) is 16.1. The van der Waals surface area contributed by atoms with Gasteiger partial charge in [0.15, 0.2) is 0 Å². The zero-order valence-electron chi connectivity index (χ0n) is 13.1. The summed E-state index contributed by atoms with van der Waals surface area (Å²) in [4.78, 5) is 16.6. The summed E-state index contributed by atoms with van der Waals surface area (Å²) in [5, 5.41) is 15.0. The first-order valence-electron chi connectivity index (χ1n) is 7.66. The van der Waals surface area contributed by atoms with Crippen LogP contribution in [0.4, 0.5) is 23.3 Å². The highest BCUT2D eigenvalue weighted by atomic mass is 16.6. The highest BCUT2D eigenvalue weighted by Gasteiger charge is 2.30. The van der Waals surface area contributed by atoms with Crippen molar-refractivity contribution in [2.75, 3.05) is 4.90 Å². The van der Waals surface area contributed by atoms with Gasteiger partial charge in [0.1, 0.15) is 0 Å². The van der Waals surface area contributed by atoms with Crippen LogP contribution in [0.15, 0.2) is 48.5 Å². The third-order valence-electron chi connectivity index (χ3n) is 4.22. The molecule has 0 aliphatic carbocycles. The number of nitrogens with zero attached hydrogens (tertiary/aromatic N) is 5. The second kappa shape index (κ2) is 5.45. The average molecular weight is 321 g/mol. The van der Waals surface area contributed by atoms with Gasteiger partial charge in [-0.3, -0.25) is 4.90 Å². The highest BCUT2D eigenvalue weighted by molar-refractivity contribution is 5.78. The Labute approximate surface area is 138 Å². The number of rotatable bonds is 2. The lowest BCUT2D eigenvalue weighted by atomic mass is 10.0. The molecule has 120 valence electrons. The van der Waals surface area contributed by atoms with Crippen molar-refractivity contribution in [1.82, 2.24) is 14.8 Å². The SMILES string of the molecule is Cn1nc([N+](=O)[O-])nc1N1c2ccccc2CCc2ccccc21. The minimum atomic E-state index is -0.570. The van der Waals surface area contributed by atoms with Crippen molar-refractivity contribution in [2.45, 2.75) is 12.8 Å². The lowest BCUT2D eigenvalue weighted by molar-refractivity contribution is -0.394. The maximum Gasteiger partial charge on any atom is 0.493 e. The average Bonchev–Trinajstić information content (AvgIpc) is 2.89. The van der Waals surface area contributed by atoms with Gasteiger partial charge in [-0.25, -0.2) is 0 Å². The molecule has 24 heavy (non-hydrogen) atoms. The number of aromatic nitrogens is 3. The number of benzene rings is 2. The van der Waals surface area contributed by atoms with Gasteiger partial charge in [0.05, 0.1) is 11.4 Å². The van der Waals surface area contributed by atoms with Crippen LogP contribution in [-0.2, 0) is 19.9 Å². The first-order chi connectivity index (χ1) is 11.6. The Bertz CT molecular complexity index is 887. The summed E-state index contributed by atoms with van der Waals surface area (Å²) in [7, 11) is 1.67. The Balaban J connectivity index is 1.98. The predicted octanol–water partition coefficient (Wildman–Crippen LogP) is 3.29. The summed E-state index contributed by atoms with van der Waals surface area (Å²) in [6.07, 6.45) is 1.81. The molecular weight excluding hydrogens is 306 g/mol.